The molecule has 0 aliphatic carbocycles. The highest BCUT2D eigenvalue weighted by Crippen LogP contribution is 2.28. The number of imide groups is 2. The van der Waals surface area contributed by atoms with Crippen molar-refractivity contribution in [2.75, 3.05) is 0 Å². The Kier molecular flexibility index (Phi) is 3.60. The van der Waals surface area contributed by atoms with Gasteiger partial charge in [0.05, 0.1) is 5.57 Å². The molecule has 4 amide bonds. The van der Waals surface area contributed by atoms with Crippen molar-refractivity contribution in [1.29, 1.82) is 0 Å². The average Bonchev–Trinajstić information content (AvgIpc) is 2.60. The number of likely N-dealkylation sites (tertiary alicyclic amines) is 1. The van der Waals surface area contributed by atoms with Crippen molar-refractivity contribution in [2.24, 2.45) is 4.99 Å². The zero-order valence-corrected chi connectivity index (χ0v) is 10.9. The minimum Gasteiger partial charge on any atom is -0.295 e. The second-order valence-corrected chi connectivity index (χ2v) is 4.38. The van der Waals surface area contributed by atoms with E-state index in [2.05, 4.69) is 16.9 Å². The minimum absolute atomic E-state index is 0.00491. The van der Waals surface area contributed by atoms with E-state index in [1.807, 2.05) is 0 Å². The summed E-state index contributed by atoms with van der Waals surface area (Å²) in [5.74, 6) is -2.28. The lowest BCUT2D eigenvalue weighted by molar-refractivity contribution is -0.149. The zero-order valence-electron chi connectivity index (χ0n) is 10.9. The number of amides is 4. The second-order valence-electron chi connectivity index (χ2n) is 4.38. The molecule has 0 aromatic heterocycles. The highest BCUT2D eigenvalue weighted by atomic mass is 16.2. The highest BCUT2D eigenvalue weighted by Gasteiger charge is 2.45. The molecule has 2 saturated heterocycles. The predicted octanol–water partition coefficient (Wildman–Crippen LogP) is -0.309. The fourth-order valence-electron chi connectivity index (χ4n) is 2.11. The van der Waals surface area contributed by atoms with Gasteiger partial charge in [-0.15, -0.1) is 0 Å². The molecule has 20 heavy (non-hydrogen) atoms. The van der Waals surface area contributed by atoms with Crippen LogP contribution in [0.25, 0.3) is 0 Å². The molecule has 1 atom stereocenters. The SMILES string of the molecule is C=C1C(=O)N(C2CCC(=O)NC2=O)C(=O)/C1=C/N=CC. The molecular formula is C13H13N3O4. The number of carbonyl (C=O) groups is 4. The van der Waals surface area contributed by atoms with Gasteiger partial charge in [0.15, 0.2) is 0 Å². The Bertz CT molecular complexity index is 588. The van der Waals surface area contributed by atoms with Crippen LogP contribution in [0.2, 0.25) is 0 Å². The Morgan fingerprint density at radius 1 is 1.30 bits per heavy atom. The van der Waals surface area contributed by atoms with Gasteiger partial charge in [-0.1, -0.05) is 6.58 Å². The third-order valence-corrected chi connectivity index (χ3v) is 3.13. The first-order valence-corrected chi connectivity index (χ1v) is 6.06. The Morgan fingerprint density at radius 2 is 2.00 bits per heavy atom. The van der Waals surface area contributed by atoms with Crippen molar-refractivity contribution >= 4 is 29.8 Å². The minimum atomic E-state index is -0.971. The number of hydrogen-bond acceptors (Lipinski definition) is 5. The summed E-state index contributed by atoms with van der Waals surface area (Å²) in [7, 11) is 0. The summed E-state index contributed by atoms with van der Waals surface area (Å²) in [4.78, 5) is 51.8. The van der Waals surface area contributed by atoms with Gasteiger partial charge in [-0.25, -0.2) is 0 Å². The summed E-state index contributed by atoms with van der Waals surface area (Å²) in [6.07, 6.45) is 2.92. The largest absolute Gasteiger partial charge is 0.295 e. The number of rotatable bonds is 2. The van der Waals surface area contributed by atoms with Crippen LogP contribution in [-0.2, 0) is 19.2 Å². The first-order valence-electron chi connectivity index (χ1n) is 6.06. The summed E-state index contributed by atoms with van der Waals surface area (Å²) in [6, 6.07) is -0.971. The quantitative estimate of drug-likeness (QED) is 0.425. The van der Waals surface area contributed by atoms with Gasteiger partial charge in [-0.2, -0.15) is 0 Å². The fourth-order valence-corrected chi connectivity index (χ4v) is 2.11. The Morgan fingerprint density at radius 3 is 2.60 bits per heavy atom. The van der Waals surface area contributed by atoms with Gasteiger partial charge >= 0.3 is 0 Å². The first-order chi connectivity index (χ1) is 9.47. The zero-order chi connectivity index (χ0) is 14.9. The Labute approximate surface area is 115 Å². The Hall–Kier alpha value is -2.57. The Balaban J connectivity index is 2.31. The molecule has 2 fully saturated rings. The molecule has 2 heterocycles. The average molecular weight is 275 g/mol. The van der Waals surface area contributed by atoms with Crippen LogP contribution >= 0.6 is 0 Å². The highest BCUT2D eigenvalue weighted by molar-refractivity contribution is 6.26. The van der Waals surface area contributed by atoms with Crippen LogP contribution in [0, 0.1) is 0 Å². The molecular weight excluding hydrogens is 262 g/mol. The maximum atomic E-state index is 12.2. The summed E-state index contributed by atoms with van der Waals surface area (Å²) in [5.41, 5.74) is 0.0723. The molecule has 1 N–H and O–H groups in total. The topological polar surface area (TPSA) is 95.9 Å². The number of aliphatic imine (C=N–C) groups is 1. The molecule has 2 rings (SSSR count). The third kappa shape index (κ3) is 2.18. The molecule has 104 valence electrons. The number of nitrogens with one attached hydrogen (secondary N) is 1. The van der Waals surface area contributed by atoms with Gasteiger partial charge in [0.25, 0.3) is 11.8 Å². The van der Waals surface area contributed by atoms with E-state index in [1.165, 1.54) is 12.4 Å². The molecule has 0 spiro atoms. The standard InChI is InChI=1S/C13H13N3O4/c1-3-14-6-8-7(2)12(19)16(13(8)20)9-4-5-10(17)15-11(9)18/h3,6,9H,2,4-5H2,1H3,(H,15,17,18)/b8-6+,14-3?. The number of piperidine rings is 1. The molecule has 2 aliphatic heterocycles. The maximum Gasteiger partial charge on any atom is 0.263 e. The number of nitrogens with zero attached hydrogens (tertiary/aromatic N) is 2. The molecule has 7 heteroatoms. The molecule has 0 saturated carbocycles. The lowest BCUT2D eigenvalue weighted by Gasteiger charge is -2.27. The van der Waals surface area contributed by atoms with Gasteiger partial charge in [0, 0.05) is 24.4 Å². The molecule has 0 bridgehead atoms. The molecule has 1 unspecified atom stereocenters. The van der Waals surface area contributed by atoms with Crippen molar-refractivity contribution in [3.8, 4) is 0 Å². The van der Waals surface area contributed by atoms with Crippen LogP contribution in [0.3, 0.4) is 0 Å². The molecule has 0 aromatic carbocycles. The van der Waals surface area contributed by atoms with E-state index in [0.717, 1.165) is 4.90 Å². The molecule has 0 aromatic rings. The van der Waals surface area contributed by atoms with Crippen molar-refractivity contribution in [3.05, 3.63) is 23.9 Å². The summed E-state index contributed by atoms with van der Waals surface area (Å²) in [5, 5.41) is 2.12. The van der Waals surface area contributed by atoms with E-state index in [-0.39, 0.29) is 24.0 Å². The summed E-state index contributed by atoms with van der Waals surface area (Å²) in [6.45, 7) is 5.22. The van der Waals surface area contributed by atoms with E-state index in [4.69, 9.17) is 0 Å². The van der Waals surface area contributed by atoms with Gasteiger partial charge in [0.1, 0.15) is 6.04 Å². The lowest BCUT2D eigenvalue weighted by atomic mass is 10.0. The normalized spacial score (nSPS) is 26.1. The van der Waals surface area contributed by atoms with Gasteiger partial charge < -0.3 is 0 Å². The maximum absolute atomic E-state index is 12.2. The van der Waals surface area contributed by atoms with Gasteiger partial charge in [-0.3, -0.25) is 34.4 Å². The third-order valence-electron chi connectivity index (χ3n) is 3.13. The summed E-state index contributed by atoms with van der Waals surface area (Å²) >= 11 is 0. The number of hydrogen-bond donors (Lipinski definition) is 1. The second kappa shape index (κ2) is 5.20. The van der Waals surface area contributed by atoms with E-state index in [9.17, 15) is 19.2 Å². The monoisotopic (exact) mass is 275 g/mol. The van der Waals surface area contributed by atoms with Crippen molar-refractivity contribution in [3.63, 3.8) is 0 Å². The first kappa shape index (κ1) is 13.9. The number of carbonyl (C=O) groups excluding carboxylic acids is 4. The van der Waals surface area contributed by atoms with E-state index < -0.39 is 29.7 Å². The van der Waals surface area contributed by atoms with Crippen LogP contribution in [0.4, 0.5) is 0 Å². The predicted molar refractivity (Wildman–Crippen MR) is 69.4 cm³/mol. The van der Waals surface area contributed by atoms with E-state index >= 15 is 0 Å². The molecule has 0 radical (unpaired) electrons. The fraction of sp³-hybridized carbons (Fsp3) is 0.308. The van der Waals surface area contributed by atoms with E-state index in [0.29, 0.717) is 0 Å². The molecule has 7 nitrogen and oxygen atoms in total. The van der Waals surface area contributed by atoms with Crippen LogP contribution in [0.15, 0.2) is 28.9 Å². The van der Waals surface area contributed by atoms with Crippen molar-refractivity contribution < 1.29 is 19.2 Å². The molecule has 2 aliphatic rings. The lowest BCUT2D eigenvalue weighted by Crippen LogP contribution is -2.54. The van der Waals surface area contributed by atoms with Crippen LogP contribution < -0.4 is 5.32 Å². The van der Waals surface area contributed by atoms with Gasteiger partial charge in [0.2, 0.25) is 11.8 Å². The van der Waals surface area contributed by atoms with Crippen LogP contribution in [0.5, 0.6) is 0 Å². The van der Waals surface area contributed by atoms with Gasteiger partial charge in [-0.05, 0) is 13.3 Å². The van der Waals surface area contributed by atoms with Crippen molar-refractivity contribution in [1.82, 2.24) is 10.2 Å². The van der Waals surface area contributed by atoms with E-state index in [1.54, 1.807) is 6.92 Å². The van der Waals surface area contributed by atoms with Crippen molar-refractivity contribution in [2.45, 2.75) is 25.8 Å². The van der Waals surface area contributed by atoms with Crippen LogP contribution in [0.1, 0.15) is 19.8 Å². The summed E-state index contributed by atoms with van der Waals surface area (Å²) < 4.78 is 0. The van der Waals surface area contributed by atoms with Crippen LogP contribution in [-0.4, -0.2) is 40.8 Å². The smallest absolute Gasteiger partial charge is 0.263 e.